The van der Waals surface area contributed by atoms with Crippen LogP contribution in [-0.4, -0.2) is 47.4 Å². The largest absolute Gasteiger partial charge is 0.444 e. The van der Waals surface area contributed by atoms with E-state index >= 15 is 0 Å². The molecule has 0 aromatic rings. The molecule has 0 saturated carbocycles. The predicted octanol–water partition coefficient (Wildman–Crippen LogP) is 1.34. The number of ether oxygens (including phenoxy) is 1. The molecule has 3 N–H and O–H groups in total. The predicted molar refractivity (Wildman–Crippen MR) is 70.2 cm³/mol. The van der Waals surface area contributed by atoms with Crippen LogP contribution >= 0.6 is 0 Å². The van der Waals surface area contributed by atoms with Gasteiger partial charge in [0.15, 0.2) is 0 Å². The van der Waals surface area contributed by atoms with Crippen molar-refractivity contribution in [3.63, 3.8) is 0 Å². The molecule has 0 aromatic carbocycles. The number of carbonyl (C=O) groups excluding carboxylic acids is 1. The van der Waals surface area contributed by atoms with Gasteiger partial charge in [-0.15, -0.1) is 0 Å². The van der Waals surface area contributed by atoms with Gasteiger partial charge in [0.05, 0.1) is 6.10 Å². The highest BCUT2D eigenvalue weighted by Gasteiger charge is 2.28. The molecule has 0 bridgehead atoms. The number of nitrogens with two attached hydrogens (primary N) is 1. The molecule has 2 unspecified atom stereocenters. The molecule has 0 radical (unpaired) electrons. The molecule has 1 aliphatic rings. The molecule has 106 valence electrons. The SMILES string of the molecule is CC(C)(C)OC(=O)N1CCCCC(C(O)CN)C1. The molecule has 5 heteroatoms. The minimum absolute atomic E-state index is 0.0602. The lowest BCUT2D eigenvalue weighted by molar-refractivity contribution is 0.0174. The summed E-state index contributed by atoms with van der Waals surface area (Å²) < 4.78 is 5.37. The van der Waals surface area contributed by atoms with Crippen LogP contribution in [0.15, 0.2) is 0 Å². The Hall–Kier alpha value is -0.810. The summed E-state index contributed by atoms with van der Waals surface area (Å²) in [6, 6.07) is 0. The van der Waals surface area contributed by atoms with Gasteiger partial charge in [0.1, 0.15) is 5.60 Å². The number of hydrogen-bond donors (Lipinski definition) is 2. The molecule has 0 spiro atoms. The van der Waals surface area contributed by atoms with Crippen molar-refractivity contribution in [2.45, 2.75) is 51.7 Å². The standard InChI is InChI=1S/C13H26N2O3/c1-13(2,3)18-12(17)15-7-5-4-6-10(9-15)11(16)8-14/h10-11,16H,4-9,14H2,1-3H3. The first kappa shape index (κ1) is 15.2. The molecular formula is C13H26N2O3. The van der Waals surface area contributed by atoms with Crippen LogP contribution < -0.4 is 5.73 Å². The lowest BCUT2D eigenvalue weighted by Crippen LogP contribution is -2.42. The number of carbonyl (C=O) groups is 1. The van der Waals surface area contributed by atoms with Crippen LogP contribution in [0.4, 0.5) is 4.79 Å². The molecule has 0 aromatic heterocycles. The van der Waals surface area contributed by atoms with E-state index in [1.165, 1.54) is 0 Å². The second-order valence-electron chi connectivity index (χ2n) is 5.99. The molecule has 2 atom stereocenters. The molecule has 1 aliphatic heterocycles. The van der Waals surface area contributed by atoms with E-state index in [9.17, 15) is 9.90 Å². The average Bonchev–Trinajstić information content (AvgIpc) is 2.51. The van der Waals surface area contributed by atoms with Gasteiger partial charge in [-0.25, -0.2) is 4.79 Å². The fourth-order valence-electron chi connectivity index (χ4n) is 2.17. The second kappa shape index (κ2) is 6.38. The maximum atomic E-state index is 12.0. The quantitative estimate of drug-likeness (QED) is 0.784. The molecule has 1 fully saturated rings. The number of amides is 1. The third-order valence-corrected chi connectivity index (χ3v) is 3.15. The highest BCUT2D eigenvalue weighted by molar-refractivity contribution is 5.68. The summed E-state index contributed by atoms with van der Waals surface area (Å²) in [5, 5.41) is 9.84. The van der Waals surface area contributed by atoms with Gasteiger partial charge in [-0.3, -0.25) is 0 Å². The highest BCUT2D eigenvalue weighted by Crippen LogP contribution is 2.21. The monoisotopic (exact) mass is 258 g/mol. The molecule has 1 saturated heterocycles. The molecule has 5 nitrogen and oxygen atoms in total. The summed E-state index contributed by atoms with van der Waals surface area (Å²) in [5.41, 5.74) is 5.01. The Kier molecular flexibility index (Phi) is 5.41. The van der Waals surface area contributed by atoms with E-state index in [2.05, 4.69) is 0 Å². The number of likely N-dealkylation sites (tertiary alicyclic amines) is 1. The third-order valence-electron chi connectivity index (χ3n) is 3.15. The van der Waals surface area contributed by atoms with Crippen molar-refractivity contribution in [2.75, 3.05) is 19.6 Å². The molecule has 18 heavy (non-hydrogen) atoms. The first-order valence-corrected chi connectivity index (χ1v) is 6.69. The number of nitrogens with zero attached hydrogens (tertiary/aromatic N) is 1. The first-order chi connectivity index (χ1) is 8.33. The van der Waals surface area contributed by atoms with Gasteiger partial charge in [-0.1, -0.05) is 6.42 Å². The summed E-state index contributed by atoms with van der Waals surface area (Å²) in [6.45, 7) is 7.04. The van der Waals surface area contributed by atoms with Crippen LogP contribution in [0.3, 0.4) is 0 Å². The Morgan fingerprint density at radius 2 is 2.17 bits per heavy atom. The van der Waals surface area contributed by atoms with Crippen molar-refractivity contribution in [2.24, 2.45) is 11.7 Å². The zero-order valence-corrected chi connectivity index (χ0v) is 11.7. The summed E-state index contributed by atoms with van der Waals surface area (Å²) in [4.78, 5) is 13.7. The van der Waals surface area contributed by atoms with Crippen molar-refractivity contribution in [3.8, 4) is 0 Å². The van der Waals surface area contributed by atoms with E-state index in [1.54, 1.807) is 4.90 Å². The normalized spacial score (nSPS) is 23.4. The fourth-order valence-corrected chi connectivity index (χ4v) is 2.17. The van der Waals surface area contributed by atoms with E-state index in [-0.39, 0.29) is 18.6 Å². The zero-order valence-electron chi connectivity index (χ0n) is 11.7. The highest BCUT2D eigenvalue weighted by atomic mass is 16.6. The van der Waals surface area contributed by atoms with Crippen LogP contribution in [0.2, 0.25) is 0 Å². The Labute approximate surface area is 109 Å². The molecule has 1 amide bonds. The smallest absolute Gasteiger partial charge is 0.410 e. The van der Waals surface area contributed by atoms with Gasteiger partial charge in [0.25, 0.3) is 0 Å². The van der Waals surface area contributed by atoms with Crippen molar-refractivity contribution in [1.29, 1.82) is 0 Å². The van der Waals surface area contributed by atoms with Crippen molar-refractivity contribution >= 4 is 6.09 Å². The Morgan fingerprint density at radius 3 is 2.72 bits per heavy atom. The Bertz CT molecular complexity index is 276. The van der Waals surface area contributed by atoms with E-state index < -0.39 is 11.7 Å². The van der Waals surface area contributed by atoms with E-state index in [0.29, 0.717) is 13.1 Å². The molecule has 1 rings (SSSR count). The van der Waals surface area contributed by atoms with Crippen molar-refractivity contribution in [3.05, 3.63) is 0 Å². The molecule has 0 aliphatic carbocycles. The van der Waals surface area contributed by atoms with Gasteiger partial charge >= 0.3 is 6.09 Å². The molecular weight excluding hydrogens is 232 g/mol. The van der Waals surface area contributed by atoms with Gasteiger partial charge < -0.3 is 20.5 Å². The fraction of sp³-hybridized carbons (Fsp3) is 0.923. The topological polar surface area (TPSA) is 75.8 Å². The third kappa shape index (κ3) is 4.82. The maximum absolute atomic E-state index is 12.0. The molecule has 1 heterocycles. The van der Waals surface area contributed by atoms with Crippen LogP contribution in [-0.2, 0) is 4.74 Å². The minimum Gasteiger partial charge on any atom is -0.444 e. The summed E-state index contributed by atoms with van der Waals surface area (Å²) >= 11 is 0. The number of rotatable bonds is 2. The van der Waals surface area contributed by atoms with Crippen LogP contribution in [0.25, 0.3) is 0 Å². The maximum Gasteiger partial charge on any atom is 0.410 e. The second-order valence-corrected chi connectivity index (χ2v) is 5.99. The number of hydrogen-bond acceptors (Lipinski definition) is 4. The van der Waals surface area contributed by atoms with Crippen molar-refractivity contribution < 1.29 is 14.6 Å². The minimum atomic E-state index is -0.534. The van der Waals surface area contributed by atoms with E-state index in [0.717, 1.165) is 19.3 Å². The lowest BCUT2D eigenvalue weighted by atomic mass is 9.97. The number of aliphatic hydroxyl groups excluding tert-OH is 1. The van der Waals surface area contributed by atoms with Gasteiger partial charge in [0.2, 0.25) is 0 Å². The van der Waals surface area contributed by atoms with Crippen LogP contribution in [0, 0.1) is 5.92 Å². The van der Waals surface area contributed by atoms with E-state index in [1.807, 2.05) is 20.8 Å². The summed E-state index contributed by atoms with van der Waals surface area (Å²) in [7, 11) is 0. The number of aliphatic hydroxyl groups is 1. The van der Waals surface area contributed by atoms with Crippen LogP contribution in [0.1, 0.15) is 40.0 Å². The zero-order chi connectivity index (χ0) is 13.8. The van der Waals surface area contributed by atoms with Gasteiger partial charge in [-0.05, 0) is 33.6 Å². The lowest BCUT2D eigenvalue weighted by Gasteiger charge is -2.29. The van der Waals surface area contributed by atoms with Crippen molar-refractivity contribution in [1.82, 2.24) is 4.90 Å². The summed E-state index contributed by atoms with van der Waals surface area (Å²) in [5.74, 6) is 0.0602. The van der Waals surface area contributed by atoms with E-state index in [4.69, 9.17) is 10.5 Å². The first-order valence-electron chi connectivity index (χ1n) is 6.69. The Balaban J connectivity index is 2.61. The van der Waals surface area contributed by atoms with Gasteiger partial charge in [-0.2, -0.15) is 0 Å². The van der Waals surface area contributed by atoms with Gasteiger partial charge in [0, 0.05) is 25.6 Å². The average molecular weight is 258 g/mol. The Morgan fingerprint density at radius 1 is 1.50 bits per heavy atom. The summed E-state index contributed by atoms with van der Waals surface area (Å²) in [6.07, 6.45) is 2.05. The van der Waals surface area contributed by atoms with Crippen LogP contribution in [0.5, 0.6) is 0 Å².